The van der Waals surface area contributed by atoms with E-state index < -0.39 is 5.97 Å². The standard InChI is InChI=1S/C19H25N3O3S/c1-11-4-3-5-13(8-11)25-16(23)10-22-19(24)17-14-7-6-12(2)9-15(14)26-18(17)20-21-22/h11-13H,3-10H2,1-2H3/t11-,12-,13-/m0/s1. The van der Waals surface area contributed by atoms with Crippen LogP contribution >= 0.6 is 11.3 Å². The predicted octanol–water partition coefficient (Wildman–Crippen LogP) is 3.10. The zero-order chi connectivity index (χ0) is 18.3. The Bertz CT molecular complexity index is 888. The number of carbonyl (C=O) groups excluding carboxylic acids is 1. The second-order valence-electron chi connectivity index (χ2n) is 7.97. The van der Waals surface area contributed by atoms with E-state index in [1.807, 2.05) is 0 Å². The van der Waals surface area contributed by atoms with Crippen molar-refractivity contribution in [2.45, 2.75) is 71.4 Å². The molecular weight excluding hydrogens is 350 g/mol. The lowest BCUT2D eigenvalue weighted by molar-refractivity contribution is -0.152. The lowest BCUT2D eigenvalue weighted by Crippen LogP contribution is -2.32. The van der Waals surface area contributed by atoms with Crippen LogP contribution in [0.5, 0.6) is 0 Å². The van der Waals surface area contributed by atoms with Gasteiger partial charge in [0.1, 0.15) is 12.6 Å². The molecule has 0 bridgehead atoms. The van der Waals surface area contributed by atoms with Crippen LogP contribution in [0.15, 0.2) is 4.79 Å². The molecule has 0 aromatic carbocycles. The Labute approximate surface area is 156 Å². The minimum atomic E-state index is -0.391. The van der Waals surface area contributed by atoms with Crippen molar-refractivity contribution in [2.75, 3.05) is 0 Å². The SMILES string of the molecule is C[C@H]1CCc2c(sc3nnn(CC(=O)O[C@H]4CCC[C@H](C)C4)c(=O)c23)C1. The molecule has 6 nitrogen and oxygen atoms in total. The number of nitrogens with zero attached hydrogens (tertiary/aromatic N) is 3. The minimum absolute atomic E-state index is 0.0333. The van der Waals surface area contributed by atoms with Crippen LogP contribution in [0.3, 0.4) is 0 Å². The molecule has 3 atom stereocenters. The van der Waals surface area contributed by atoms with E-state index >= 15 is 0 Å². The van der Waals surface area contributed by atoms with Crippen molar-refractivity contribution in [3.63, 3.8) is 0 Å². The number of carbonyl (C=O) groups is 1. The van der Waals surface area contributed by atoms with Crippen LogP contribution in [0.25, 0.3) is 10.2 Å². The summed E-state index contributed by atoms with van der Waals surface area (Å²) in [5.41, 5.74) is 0.905. The van der Waals surface area contributed by atoms with Gasteiger partial charge in [0, 0.05) is 4.88 Å². The molecule has 2 aromatic heterocycles. The third-order valence-electron chi connectivity index (χ3n) is 5.65. The molecule has 1 saturated carbocycles. The zero-order valence-corrected chi connectivity index (χ0v) is 16.2. The van der Waals surface area contributed by atoms with E-state index in [0.717, 1.165) is 44.1 Å². The van der Waals surface area contributed by atoms with Gasteiger partial charge in [-0.2, -0.15) is 4.68 Å². The molecule has 2 aliphatic rings. The van der Waals surface area contributed by atoms with Gasteiger partial charge < -0.3 is 4.74 Å². The molecule has 0 unspecified atom stereocenters. The van der Waals surface area contributed by atoms with Gasteiger partial charge in [0.05, 0.1) is 5.39 Å². The average Bonchev–Trinajstić information content (AvgIpc) is 2.95. The lowest BCUT2D eigenvalue weighted by Gasteiger charge is -2.26. The first-order chi connectivity index (χ1) is 12.5. The molecule has 0 saturated heterocycles. The monoisotopic (exact) mass is 375 g/mol. The van der Waals surface area contributed by atoms with Crippen LogP contribution in [0, 0.1) is 11.8 Å². The third kappa shape index (κ3) is 3.41. The highest BCUT2D eigenvalue weighted by molar-refractivity contribution is 7.18. The minimum Gasteiger partial charge on any atom is -0.461 e. The Morgan fingerprint density at radius 2 is 2.12 bits per heavy atom. The highest BCUT2D eigenvalue weighted by Crippen LogP contribution is 2.35. The Hall–Kier alpha value is -1.76. The summed E-state index contributed by atoms with van der Waals surface area (Å²) < 4.78 is 6.75. The Kier molecular flexibility index (Phi) is 4.82. The molecule has 0 spiro atoms. The molecule has 7 heteroatoms. The summed E-state index contributed by atoms with van der Waals surface area (Å²) in [6.07, 6.45) is 7.05. The maximum Gasteiger partial charge on any atom is 0.328 e. The molecule has 2 heterocycles. The molecule has 4 rings (SSSR count). The summed E-state index contributed by atoms with van der Waals surface area (Å²) in [7, 11) is 0. The van der Waals surface area contributed by atoms with Gasteiger partial charge in [0.15, 0.2) is 4.83 Å². The smallest absolute Gasteiger partial charge is 0.328 e. The third-order valence-corrected chi connectivity index (χ3v) is 6.79. The van der Waals surface area contributed by atoms with Crippen molar-refractivity contribution < 1.29 is 9.53 Å². The van der Waals surface area contributed by atoms with E-state index in [2.05, 4.69) is 24.2 Å². The van der Waals surface area contributed by atoms with Gasteiger partial charge in [0.25, 0.3) is 5.56 Å². The van der Waals surface area contributed by atoms with Crippen molar-refractivity contribution in [3.8, 4) is 0 Å². The van der Waals surface area contributed by atoms with Crippen molar-refractivity contribution in [3.05, 3.63) is 20.8 Å². The van der Waals surface area contributed by atoms with Crippen molar-refractivity contribution in [1.29, 1.82) is 0 Å². The first-order valence-electron chi connectivity index (χ1n) is 9.58. The molecule has 2 aromatic rings. The fraction of sp³-hybridized carbons (Fsp3) is 0.684. The van der Waals surface area contributed by atoms with Crippen LogP contribution in [0.1, 0.15) is 56.4 Å². The highest BCUT2D eigenvalue weighted by atomic mass is 32.1. The maximum atomic E-state index is 12.9. The molecule has 0 radical (unpaired) electrons. The van der Waals surface area contributed by atoms with Crippen molar-refractivity contribution in [1.82, 2.24) is 15.0 Å². The number of thiophene rings is 1. The van der Waals surface area contributed by atoms with Crippen LogP contribution in [0.4, 0.5) is 0 Å². The van der Waals surface area contributed by atoms with E-state index in [0.29, 0.717) is 22.1 Å². The van der Waals surface area contributed by atoms with Crippen LogP contribution in [-0.4, -0.2) is 27.1 Å². The maximum absolute atomic E-state index is 12.9. The lowest BCUT2D eigenvalue weighted by atomic mass is 9.89. The van der Waals surface area contributed by atoms with Gasteiger partial charge in [0.2, 0.25) is 0 Å². The number of hydrogen-bond acceptors (Lipinski definition) is 6. The zero-order valence-electron chi connectivity index (χ0n) is 15.4. The quantitative estimate of drug-likeness (QED) is 0.771. The van der Waals surface area contributed by atoms with E-state index in [1.54, 1.807) is 11.3 Å². The highest BCUT2D eigenvalue weighted by Gasteiger charge is 2.25. The number of aryl methyl sites for hydroxylation is 1. The largest absolute Gasteiger partial charge is 0.461 e. The molecular formula is C19H25N3O3S. The van der Waals surface area contributed by atoms with Crippen molar-refractivity contribution in [2.24, 2.45) is 11.8 Å². The first kappa shape index (κ1) is 17.6. The normalized spacial score (nSPS) is 25.8. The number of rotatable bonds is 3. The molecule has 0 amide bonds. The summed E-state index contributed by atoms with van der Waals surface area (Å²) in [5, 5.41) is 8.85. The summed E-state index contributed by atoms with van der Waals surface area (Å²) in [6.45, 7) is 4.26. The molecule has 0 N–H and O–H groups in total. The topological polar surface area (TPSA) is 74.1 Å². The average molecular weight is 375 g/mol. The first-order valence-corrected chi connectivity index (χ1v) is 10.4. The van der Waals surface area contributed by atoms with Crippen LogP contribution < -0.4 is 5.56 Å². The summed E-state index contributed by atoms with van der Waals surface area (Å²) in [5.74, 6) is 0.830. The molecule has 26 heavy (non-hydrogen) atoms. The Morgan fingerprint density at radius 3 is 2.92 bits per heavy atom. The number of esters is 1. The van der Waals surface area contributed by atoms with Gasteiger partial charge >= 0.3 is 5.97 Å². The molecule has 0 aliphatic heterocycles. The van der Waals surface area contributed by atoms with Crippen LogP contribution in [0.2, 0.25) is 0 Å². The van der Waals surface area contributed by atoms with Crippen LogP contribution in [-0.2, 0) is 28.9 Å². The van der Waals surface area contributed by atoms with Crippen molar-refractivity contribution >= 4 is 27.5 Å². The second-order valence-corrected chi connectivity index (χ2v) is 9.05. The number of hydrogen-bond donors (Lipinski definition) is 0. The van der Waals surface area contributed by atoms with Gasteiger partial charge in [-0.3, -0.25) is 9.59 Å². The summed E-state index contributed by atoms with van der Waals surface area (Å²) in [4.78, 5) is 27.1. The number of aromatic nitrogens is 3. The van der Waals surface area contributed by atoms with E-state index in [-0.39, 0.29) is 18.2 Å². The fourth-order valence-corrected chi connectivity index (χ4v) is 5.54. The van der Waals surface area contributed by atoms with Gasteiger partial charge in [-0.05, 0) is 55.9 Å². The Balaban J connectivity index is 1.54. The number of ether oxygens (including phenoxy) is 1. The fourth-order valence-electron chi connectivity index (χ4n) is 4.23. The summed E-state index contributed by atoms with van der Waals surface area (Å²) in [6, 6.07) is 0. The molecule has 1 fully saturated rings. The van der Waals surface area contributed by atoms with E-state index in [4.69, 9.17) is 4.74 Å². The second kappa shape index (κ2) is 7.10. The van der Waals surface area contributed by atoms with E-state index in [9.17, 15) is 9.59 Å². The molecule has 140 valence electrons. The summed E-state index contributed by atoms with van der Waals surface area (Å²) >= 11 is 1.57. The van der Waals surface area contributed by atoms with Gasteiger partial charge in [-0.15, -0.1) is 16.4 Å². The number of fused-ring (bicyclic) bond motifs is 3. The van der Waals surface area contributed by atoms with Gasteiger partial charge in [-0.25, -0.2) is 0 Å². The Morgan fingerprint density at radius 1 is 1.27 bits per heavy atom. The van der Waals surface area contributed by atoms with Gasteiger partial charge in [-0.1, -0.05) is 25.5 Å². The predicted molar refractivity (Wildman–Crippen MR) is 100 cm³/mol. The van der Waals surface area contributed by atoms with E-state index in [1.165, 1.54) is 16.0 Å². The molecule has 2 aliphatic carbocycles.